The highest BCUT2D eigenvalue weighted by Crippen LogP contribution is 2.32. The quantitative estimate of drug-likeness (QED) is 0.674. The number of nitrogens with one attached hydrogen (secondary N) is 2. The van der Waals surface area contributed by atoms with Gasteiger partial charge in [0.2, 0.25) is 15.7 Å². The molecule has 0 aliphatic carbocycles. The number of anilines is 2. The molecular weight excluding hydrogens is 393 g/mol. The van der Waals surface area contributed by atoms with E-state index in [0.717, 1.165) is 56.8 Å². The number of hydrogen-bond donors (Lipinski definition) is 2. The van der Waals surface area contributed by atoms with Crippen LogP contribution >= 0.6 is 0 Å². The molecule has 0 spiro atoms. The summed E-state index contributed by atoms with van der Waals surface area (Å²) in [5.74, 6) is -0.731. The Balaban J connectivity index is 1.99. The Morgan fingerprint density at radius 3 is 2.48 bits per heavy atom. The molecular formula is C21H26FN3O3S. The number of hydrogen-bond acceptors (Lipinski definition) is 5. The first-order chi connectivity index (χ1) is 13.9. The van der Waals surface area contributed by atoms with Crippen LogP contribution < -0.4 is 15.5 Å². The fourth-order valence-electron chi connectivity index (χ4n) is 3.26. The first kappa shape index (κ1) is 21.3. The standard InChI is InChI=1S/C21H26FN3O3S/c1-2-3-4-21(26)24-19-15-17(25-13-11-23-12-14-25)7-10-20(19)29(27,28)18-8-5-16(22)6-9-18/h5-10,15,23H,2-4,11-14H2,1H3,(H,24,26). The lowest BCUT2D eigenvalue weighted by molar-refractivity contribution is -0.116. The third-order valence-corrected chi connectivity index (χ3v) is 6.72. The lowest BCUT2D eigenvalue weighted by Crippen LogP contribution is -2.43. The molecule has 0 radical (unpaired) electrons. The molecule has 1 aliphatic heterocycles. The van der Waals surface area contributed by atoms with E-state index in [2.05, 4.69) is 15.5 Å². The van der Waals surface area contributed by atoms with Crippen molar-refractivity contribution in [2.24, 2.45) is 0 Å². The molecule has 0 unspecified atom stereocenters. The van der Waals surface area contributed by atoms with E-state index in [1.54, 1.807) is 12.1 Å². The normalized spacial score (nSPS) is 14.6. The molecule has 3 rings (SSSR count). The highest BCUT2D eigenvalue weighted by Gasteiger charge is 2.24. The van der Waals surface area contributed by atoms with Crippen LogP contribution in [0.25, 0.3) is 0 Å². The maximum Gasteiger partial charge on any atom is 0.224 e. The van der Waals surface area contributed by atoms with Crippen molar-refractivity contribution in [3.8, 4) is 0 Å². The van der Waals surface area contributed by atoms with Crippen LogP contribution in [0.2, 0.25) is 0 Å². The summed E-state index contributed by atoms with van der Waals surface area (Å²) in [6, 6.07) is 9.68. The molecule has 1 heterocycles. The number of piperazine rings is 1. The molecule has 2 aromatic carbocycles. The summed E-state index contributed by atoms with van der Waals surface area (Å²) in [5.41, 5.74) is 1.11. The largest absolute Gasteiger partial charge is 0.369 e. The Labute approximate surface area is 171 Å². The average molecular weight is 420 g/mol. The molecule has 0 atom stereocenters. The number of nitrogens with zero attached hydrogens (tertiary/aromatic N) is 1. The first-order valence-corrected chi connectivity index (χ1v) is 11.3. The van der Waals surface area contributed by atoms with E-state index >= 15 is 0 Å². The zero-order valence-electron chi connectivity index (χ0n) is 16.4. The van der Waals surface area contributed by atoms with Crippen molar-refractivity contribution in [2.75, 3.05) is 36.4 Å². The van der Waals surface area contributed by atoms with Crippen LogP contribution in [0.15, 0.2) is 52.3 Å². The Hall–Kier alpha value is -2.45. The Morgan fingerprint density at radius 2 is 1.83 bits per heavy atom. The number of carbonyl (C=O) groups excluding carboxylic acids is 1. The molecule has 0 aromatic heterocycles. The number of amides is 1. The summed E-state index contributed by atoms with van der Waals surface area (Å²) < 4.78 is 39.5. The number of rotatable bonds is 7. The third kappa shape index (κ3) is 5.13. The van der Waals surface area contributed by atoms with Crippen LogP contribution in [0.4, 0.5) is 15.8 Å². The van der Waals surface area contributed by atoms with Gasteiger partial charge in [-0.3, -0.25) is 4.79 Å². The van der Waals surface area contributed by atoms with Crippen molar-refractivity contribution >= 4 is 27.1 Å². The topological polar surface area (TPSA) is 78.5 Å². The summed E-state index contributed by atoms with van der Waals surface area (Å²) in [5, 5.41) is 6.06. The van der Waals surface area contributed by atoms with Crippen molar-refractivity contribution in [1.29, 1.82) is 0 Å². The second-order valence-corrected chi connectivity index (χ2v) is 8.94. The van der Waals surface area contributed by atoms with Crippen molar-refractivity contribution in [2.45, 2.75) is 36.0 Å². The monoisotopic (exact) mass is 419 g/mol. The number of halogens is 1. The van der Waals surface area contributed by atoms with E-state index < -0.39 is 15.7 Å². The smallest absolute Gasteiger partial charge is 0.224 e. The molecule has 1 saturated heterocycles. The number of benzene rings is 2. The minimum absolute atomic E-state index is 0.00726. The zero-order chi connectivity index (χ0) is 20.9. The second kappa shape index (κ2) is 9.37. The number of unbranched alkanes of at least 4 members (excludes halogenated alkanes) is 1. The van der Waals surface area contributed by atoms with Gasteiger partial charge in [-0.05, 0) is 48.9 Å². The Bertz CT molecular complexity index is 956. The van der Waals surface area contributed by atoms with Gasteiger partial charge in [-0.2, -0.15) is 0 Å². The van der Waals surface area contributed by atoms with Gasteiger partial charge in [0.05, 0.1) is 15.5 Å². The molecule has 8 heteroatoms. The molecule has 1 amide bonds. The van der Waals surface area contributed by atoms with Crippen LogP contribution in [0, 0.1) is 5.82 Å². The van der Waals surface area contributed by atoms with Crippen molar-refractivity contribution in [3.05, 3.63) is 48.3 Å². The van der Waals surface area contributed by atoms with E-state index in [1.165, 1.54) is 18.2 Å². The maximum atomic E-state index is 13.2. The van der Waals surface area contributed by atoms with Gasteiger partial charge >= 0.3 is 0 Å². The van der Waals surface area contributed by atoms with Gasteiger partial charge in [-0.15, -0.1) is 0 Å². The lowest BCUT2D eigenvalue weighted by atomic mass is 10.2. The summed E-state index contributed by atoms with van der Waals surface area (Å²) >= 11 is 0. The van der Waals surface area contributed by atoms with Gasteiger partial charge in [0.25, 0.3) is 0 Å². The van der Waals surface area contributed by atoms with Crippen molar-refractivity contribution in [1.82, 2.24) is 5.32 Å². The molecule has 1 fully saturated rings. The van der Waals surface area contributed by atoms with Gasteiger partial charge in [0.1, 0.15) is 5.82 Å². The molecule has 29 heavy (non-hydrogen) atoms. The molecule has 0 bridgehead atoms. The minimum Gasteiger partial charge on any atom is -0.369 e. The molecule has 0 saturated carbocycles. The van der Waals surface area contributed by atoms with E-state index in [0.29, 0.717) is 6.42 Å². The SMILES string of the molecule is CCCCC(=O)Nc1cc(N2CCNCC2)ccc1S(=O)(=O)c1ccc(F)cc1. The van der Waals surface area contributed by atoms with E-state index in [-0.39, 0.29) is 21.4 Å². The summed E-state index contributed by atoms with van der Waals surface area (Å²) in [6.07, 6.45) is 1.92. The minimum atomic E-state index is -3.91. The highest BCUT2D eigenvalue weighted by molar-refractivity contribution is 7.91. The lowest BCUT2D eigenvalue weighted by Gasteiger charge is -2.30. The fraction of sp³-hybridized carbons (Fsp3) is 0.381. The van der Waals surface area contributed by atoms with Gasteiger partial charge in [0, 0.05) is 38.3 Å². The van der Waals surface area contributed by atoms with Crippen LogP contribution in [-0.2, 0) is 14.6 Å². The second-order valence-electron chi connectivity index (χ2n) is 7.03. The molecule has 1 aliphatic rings. The number of sulfone groups is 1. The maximum absolute atomic E-state index is 13.2. The fourth-order valence-corrected chi connectivity index (χ4v) is 4.66. The van der Waals surface area contributed by atoms with Crippen LogP contribution in [0.3, 0.4) is 0 Å². The molecule has 6 nitrogen and oxygen atoms in total. The predicted octanol–water partition coefficient (Wildman–Crippen LogP) is 3.20. The molecule has 2 N–H and O–H groups in total. The van der Waals surface area contributed by atoms with Crippen molar-refractivity contribution in [3.63, 3.8) is 0 Å². The summed E-state index contributed by atoms with van der Waals surface area (Å²) in [4.78, 5) is 14.5. The predicted molar refractivity (Wildman–Crippen MR) is 112 cm³/mol. The highest BCUT2D eigenvalue weighted by atomic mass is 32.2. The van der Waals surface area contributed by atoms with Crippen LogP contribution in [0.1, 0.15) is 26.2 Å². The Kier molecular flexibility index (Phi) is 6.87. The molecule has 156 valence electrons. The van der Waals surface area contributed by atoms with Crippen LogP contribution in [-0.4, -0.2) is 40.5 Å². The number of carbonyl (C=O) groups is 1. The summed E-state index contributed by atoms with van der Waals surface area (Å²) in [7, 11) is -3.91. The van der Waals surface area contributed by atoms with Gasteiger partial charge in [-0.1, -0.05) is 13.3 Å². The summed E-state index contributed by atoms with van der Waals surface area (Å²) in [6.45, 7) is 5.27. The van der Waals surface area contributed by atoms with E-state index in [9.17, 15) is 17.6 Å². The first-order valence-electron chi connectivity index (χ1n) is 9.82. The Morgan fingerprint density at radius 1 is 1.14 bits per heavy atom. The van der Waals surface area contributed by atoms with Gasteiger partial charge in [-0.25, -0.2) is 12.8 Å². The zero-order valence-corrected chi connectivity index (χ0v) is 17.3. The van der Waals surface area contributed by atoms with E-state index in [1.807, 2.05) is 6.92 Å². The van der Waals surface area contributed by atoms with Crippen molar-refractivity contribution < 1.29 is 17.6 Å². The van der Waals surface area contributed by atoms with E-state index in [4.69, 9.17) is 0 Å². The molecule has 2 aromatic rings. The third-order valence-electron chi connectivity index (χ3n) is 4.89. The van der Waals surface area contributed by atoms with Crippen LogP contribution in [0.5, 0.6) is 0 Å². The average Bonchev–Trinajstić information content (AvgIpc) is 2.73. The van der Waals surface area contributed by atoms with Gasteiger partial charge < -0.3 is 15.5 Å². The van der Waals surface area contributed by atoms with Gasteiger partial charge in [0.15, 0.2) is 0 Å².